The van der Waals surface area contributed by atoms with Gasteiger partial charge in [0, 0.05) is 12.0 Å². The van der Waals surface area contributed by atoms with Crippen molar-refractivity contribution in [3.63, 3.8) is 0 Å². The van der Waals surface area contributed by atoms with Crippen molar-refractivity contribution in [1.29, 1.82) is 0 Å². The molecule has 2 aliphatic rings. The van der Waals surface area contributed by atoms with Crippen LogP contribution in [-0.2, 0) is 10.2 Å². The molecule has 1 fully saturated rings. The van der Waals surface area contributed by atoms with Gasteiger partial charge in [0.1, 0.15) is 5.75 Å². The summed E-state index contributed by atoms with van der Waals surface area (Å²) < 4.78 is 11.4. The summed E-state index contributed by atoms with van der Waals surface area (Å²) in [7, 11) is 3.96. The second-order valence-electron chi connectivity index (χ2n) is 6.18. The SMILES string of the molecule is CCOC1CC2(CCN(C)CC2)c2cc(OC)ccc21. The molecule has 0 aromatic heterocycles. The lowest BCUT2D eigenvalue weighted by molar-refractivity contribution is 0.0421. The zero-order valence-corrected chi connectivity index (χ0v) is 12.8. The van der Waals surface area contributed by atoms with Crippen LogP contribution in [0.25, 0.3) is 0 Å². The third-order valence-electron chi connectivity index (χ3n) is 5.07. The zero-order valence-electron chi connectivity index (χ0n) is 12.8. The van der Waals surface area contributed by atoms with E-state index in [9.17, 15) is 0 Å². The van der Waals surface area contributed by atoms with Crippen molar-refractivity contribution in [3.8, 4) is 5.75 Å². The summed E-state index contributed by atoms with van der Waals surface area (Å²) in [5, 5.41) is 0. The van der Waals surface area contributed by atoms with Crippen molar-refractivity contribution < 1.29 is 9.47 Å². The lowest BCUT2D eigenvalue weighted by Crippen LogP contribution is -2.39. The van der Waals surface area contributed by atoms with Gasteiger partial charge < -0.3 is 14.4 Å². The molecule has 20 heavy (non-hydrogen) atoms. The fourth-order valence-electron chi connectivity index (χ4n) is 3.85. The molecule has 1 heterocycles. The number of fused-ring (bicyclic) bond motifs is 2. The van der Waals surface area contributed by atoms with Crippen LogP contribution in [0.2, 0.25) is 0 Å². The van der Waals surface area contributed by atoms with Crippen molar-refractivity contribution in [2.75, 3.05) is 33.9 Å². The Morgan fingerprint density at radius 1 is 1.30 bits per heavy atom. The molecule has 1 saturated heterocycles. The first-order valence-corrected chi connectivity index (χ1v) is 7.67. The molecule has 0 N–H and O–H groups in total. The molecule has 1 aliphatic carbocycles. The smallest absolute Gasteiger partial charge is 0.119 e. The molecule has 1 spiro atoms. The number of ether oxygens (including phenoxy) is 2. The maximum Gasteiger partial charge on any atom is 0.119 e. The highest BCUT2D eigenvalue weighted by molar-refractivity contribution is 5.46. The molecule has 0 bridgehead atoms. The molecule has 1 aromatic carbocycles. The highest BCUT2D eigenvalue weighted by Gasteiger charge is 2.45. The largest absolute Gasteiger partial charge is 0.497 e. The molecule has 3 heteroatoms. The number of hydrogen-bond donors (Lipinski definition) is 0. The second kappa shape index (κ2) is 5.38. The third kappa shape index (κ3) is 2.23. The Bertz CT molecular complexity index is 478. The number of benzene rings is 1. The van der Waals surface area contributed by atoms with Gasteiger partial charge in [0.05, 0.1) is 13.2 Å². The maximum atomic E-state index is 6.00. The monoisotopic (exact) mass is 275 g/mol. The number of rotatable bonds is 3. The molecule has 1 atom stereocenters. The minimum atomic E-state index is 0.268. The average Bonchev–Trinajstić information content (AvgIpc) is 2.77. The van der Waals surface area contributed by atoms with Crippen LogP contribution in [0.1, 0.15) is 43.4 Å². The van der Waals surface area contributed by atoms with Gasteiger partial charge in [-0.05, 0) is 69.6 Å². The quantitative estimate of drug-likeness (QED) is 0.846. The van der Waals surface area contributed by atoms with E-state index < -0.39 is 0 Å². The van der Waals surface area contributed by atoms with Crippen LogP contribution in [0.3, 0.4) is 0 Å². The molecule has 3 nitrogen and oxygen atoms in total. The van der Waals surface area contributed by atoms with Crippen LogP contribution in [0.5, 0.6) is 5.75 Å². The van der Waals surface area contributed by atoms with E-state index in [2.05, 4.69) is 37.1 Å². The van der Waals surface area contributed by atoms with Gasteiger partial charge in [-0.15, -0.1) is 0 Å². The van der Waals surface area contributed by atoms with Gasteiger partial charge in [0.25, 0.3) is 0 Å². The Kier molecular flexibility index (Phi) is 3.74. The minimum Gasteiger partial charge on any atom is -0.497 e. The van der Waals surface area contributed by atoms with Gasteiger partial charge in [0.2, 0.25) is 0 Å². The van der Waals surface area contributed by atoms with E-state index in [-0.39, 0.29) is 6.10 Å². The van der Waals surface area contributed by atoms with E-state index in [4.69, 9.17) is 9.47 Å². The molecule has 110 valence electrons. The van der Waals surface area contributed by atoms with E-state index in [1.54, 1.807) is 7.11 Å². The molecule has 0 amide bonds. The van der Waals surface area contributed by atoms with E-state index >= 15 is 0 Å². The Morgan fingerprint density at radius 2 is 2.05 bits per heavy atom. The Morgan fingerprint density at radius 3 is 2.70 bits per heavy atom. The lowest BCUT2D eigenvalue weighted by atomic mass is 9.74. The molecule has 1 aliphatic heterocycles. The van der Waals surface area contributed by atoms with Gasteiger partial charge in [-0.1, -0.05) is 6.07 Å². The summed E-state index contributed by atoms with van der Waals surface area (Å²) in [6.45, 7) is 5.22. The fraction of sp³-hybridized carbons (Fsp3) is 0.647. The van der Waals surface area contributed by atoms with Crippen molar-refractivity contribution in [2.24, 2.45) is 0 Å². The number of likely N-dealkylation sites (tertiary alicyclic amines) is 1. The predicted octanol–water partition coefficient (Wildman–Crippen LogP) is 3.14. The topological polar surface area (TPSA) is 21.7 Å². The summed E-state index contributed by atoms with van der Waals surface area (Å²) >= 11 is 0. The summed E-state index contributed by atoms with van der Waals surface area (Å²) in [6.07, 6.45) is 3.86. The van der Waals surface area contributed by atoms with Crippen LogP contribution in [0.4, 0.5) is 0 Å². The van der Waals surface area contributed by atoms with Crippen LogP contribution in [-0.4, -0.2) is 38.8 Å². The first kappa shape index (κ1) is 13.9. The van der Waals surface area contributed by atoms with Crippen LogP contribution in [0.15, 0.2) is 18.2 Å². The maximum absolute atomic E-state index is 6.00. The zero-order chi connectivity index (χ0) is 14.2. The highest BCUT2D eigenvalue weighted by atomic mass is 16.5. The number of hydrogen-bond acceptors (Lipinski definition) is 3. The summed E-state index contributed by atoms with van der Waals surface area (Å²) in [6, 6.07) is 6.53. The van der Waals surface area contributed by atoms with E-state index in [0.29, 0.717) is 5.41 Å². The number of nitrogens with zero attached hydrogens (tertiary/aromatic N) is 1. The number of piperidine rings is 1. The van der Waals surface area contributed by atoms with Gasteiger partial charge in [-0.3, -0.25) is 0 Å². The first-order valence-electron chi connectivity index (χ1n) is 7.67. The molecule has 3 rings (SSSR count). The van der Waals surface area contributed by atoms with Gasteiger partial charge in [-0.2, -0.15) is 0 Å². The predicted molar refractivity (Wildman–Crippen MR) is 80.4 cm³/mol. The summed E-state index contributed by atoms with van der Waals surface area (Å²) in [5.41, 5.74) is 3.16. The van der Waals surface area contributed by atoms with E-state index in [1.807, 2.05) is 0 Å². The average molecular weight is 275 g/mol. The van der Waals surface area contributed by atoms with Gasteiger partial charge >= 0.3 is 0 Å². The Hall–Kier alpha value is -1.06. The standard InChI is InChI=1S/C17H25NO2/c1-4-20-16-12-17(7-9-18(2)10-8-17)15-11-13(19-3)5-6-14(15)16/h5-6,11,16H,4,7-10,12H2,1-3H3. The summed E-state index contributed by atoms with van der Waals surface area (Å²) in [4.78, 5) is 2.43. The lowest BCUT2D eigenvalue weighted by Gasteiger charge is -2.38. The molecule has 0 saturated carbocycles. The van der Waals surface area contributed by atoms with Crippen LogP contribution in [0, 0.1) is 0 Å². The minimum absolute atomic E-state index is 0.268. The van der Waals surface area contributed by atoms with Gasteiger partial charge in [0.15, 0.2) is 0 Å². The molecule has 1 aromatic rings. The van der Waals surface area contributed by atoms with E-state index in [0.717, 1.165) is 18.8 Å². The highest BCUT2D eigenvalue weighted by Crippen LogP contribution is 2.52. The van der Waals surface area contributed by atoms with E-state index in [1.165, 1.54) is 37.1 Å². The Labute approximate surface area is 121 Å². The van der Waals surface area contributed by atoms with Crippen molar-refractivity contribution >= 4 is 0 Å². The fourth-order valence-corrected chi connectivity index (χ4v) is 3.85. The van der Waals surface area contributed by atoms with Crippen LogP contribution >= 0.6 is 0 Å². The first-order chi connectivity index (χ1) is 9.68. The third-order valence-corrected chi connectivity index (χ3v) is 5.07. The number of methoxy groups -OCH3 is 1. The molecule has 0 radical (unpaired) electrons. The normalized spacial score (nSPS) is 24.9. The van der Waals surface area contributed by atoms with Crippen molar-refractivity contribution in [1.82, 2.24) is 4.90 Å². The van der Waals surface area contributed by atoms with Gasteiger partial charge in [-0.25, -0.2) is 0 Å². The second-order valence-corrected chi connectivity index (χ2v) is 6.18. The van der Waals surface area contributed by atoms with Crippen molar-refractivity contribution in [3.05, 3.63) is 29.3 Å². The molecular weight excluding hydrogens is 250 g/mol. The molecule has 1 unspecified atom stereocenters. The Balaban J connectivity index is 1.98. The van der Waals surface area contributed by atoms with Crippen LogP contribution < -0.4 is 4.74 Å². The molecular formula is C17H25NO2. The summed E-state index contributed by atoms with van der Waals surface area (Å²) in [5.74, 6) is 0.971. The van der Waals surface area contributed by atoms with Crippen molar-refractivity contribution in [2.45, 2.75) is 37.7 Å².